The van der Waals surface area contributed by atoms with Crippen LogP contribution >= 0.6 is 11.6 Å². The number of aliphatic carboxylic acids is 1. The molecule has 2 aromatic rings. The highest BCUT2D eigenvalue weighted by molar-refractivity contribution is 6.31. The highest BCUT2D eigenvalue weighted by Gasteiger charge is 2.24. The number of carboxylic acid groups (broad SMARTS) is 1. The van der Waals surface area contributed by atoms with Gasteiger partial charge in [-0.05, 0) is 30.7 Å². The molecule has 0 spiro atoms. The molecular formula is C19H21ClFN3O3. The molecule has 0 aliphatic carbocycles. The lowest BCUT2D eigenvalue weighted by molar-refractivity contribution is -0.136. The maximum Gasteiger partial charge on any atom is 0.352 e. The van der Waals surface area contributed by atoms with E-state index < -0.39 is 17.3 Å². The van der Waals surface area contributed by atoms with Crippen molar-refractivity contribution in [1.29, 1.82) is 0 Å². The molecule has 8 heteroatoms. The second-order valence-electron chi connectivity index (χ2n) is 7.14. The molecule has 144 valence electrons. The molecule has 1 aromatic heterocycles. The third kappa shape index (κ3) is 5.17. The second kappa shape index (κ2) is 7.92. The van der Waals surface area contributed by atoms with Gasteiger partial charge in [-0.25, -0.2) is 13.9 Å². The van der Waals surface area contributed by atoms with Crippen molar-refractivity contribution in [3.05, 3.63) is 57.8 Å². The minimum atomic E-state index is -1.28. The van der Waals surface area contributed by atoms with Gasteiger partial charge in [0.1, 0.15) is 16.7 Å². The zero-order valence-electron chi connectivity index (χ0n) is 15.5. The number of aryl methyl sites for hydroxylation is 1. The number of nitrogens with zero attached hydrogens (tertiary/aromatic N) is 2. The van der Waals surface area contributed by atoms with Crippen molar-refractivity contribution in [3.8, 4) is 0 Å². The van der Waals surface area contributed by atoms with E-state index in [4.69, 9.17) is 11.6 Å². The predicted molar refractivity (Wildman–Crippen MR) is 101 cm³/mol. The van der Waals surface area contributed by atoms with E-state index in [1.54, 1.807) is 39.8 Å². The van der Waals surface area contributed by atoms with Gasteiger partial charge >= 0.3 is 5.97 Å². The lowest BCUT2D eigenvalue weighted by Gasteiger charge is -2.17. The molecule has 0 fully saturated rings. The molecule has 2 N–H and O–H groups in total. The van der Waals surface area contributed by atoms with Gasteiger partial charge < -0.3 is 10.4 Å². The van der Waals surface area contributed by atoms with Gasteiger partial charge in [-0.15, -0.1) is 0 Å². The standard InChI is InChI=1S/C19H21ClFN3O3/c1-11-14(9-15(17(25)26)22-18(27)19(2,3)4)16(20)24(23-11)10-12-5-7-13(21)8-6-12/h5-9H,10H2,1-4H3,(H,22,27)(H,25,26). The van der Waals surface area contributed by atoms with Crippen LogP contribution in [0.5, 0.6) is 0 Å². The predicted octanol–water partition coefficient (Wildman–Crippen LogP) is 3.62. The Hall–Kier alpha value is -2.67. The maximum atomic E-state index is 13.0. The third-order valence-electron chi connectivity index (χ3n) is 3.80. The molecule has 6 nitrogen and oxygen atoms in total. The van der Waals surface area contributed by atoms with Gasteiger partial charge in [0.2, 0.25) is 5.91 Å². The van der Waals surface area contributed by atoms with Crippen LogP contribution in [0.3, 0.4) is 0 Å². The number of benzene rings is 1. The minimum absolute atomic E-state index is 0.223. The molecule has 1 amide bonds. The number of carbonyl (C=O) groups is 2. The van der Waals surface area contributed by atoms with Crippen LogP contribution in [-0.4, -0.2) is 26.8 Å². The lowest BCUT2D eigenvalue weighted by Crippen LogP contribution is -2.36. The average molecular weight is 394 g/mol. The molecule has 0 aliphatic heterocycles. The molecule has 1 aromatic carbocycles. The highest BCUT2D eigenvalue weighted by atomic mass is 35.5. The number of carboxylic acids is 1. The van der Waals surface area contributed by atoms with Crippen molar-refractivity contribution < 1.29 is 19.1 Å². The van der Waals surface area contributed by atoms with E-state index in [0.717, 1.165) is 5.56 Å². The fourth-order valence-electron chi connectivity index (χ4n) is 2.20. The first kappa shape index (κ1) is 20.6. The summed E-state index contributed by atoms with van der Waals surface area (Å²) in [6.45, 7) is 7.02. The van der Waals surface area contributed by atoms with E-state index in [-0.39, 0.29) is 16.7 Å². The molecule has 0 unspecified atom stereocenters. The average Bonchev–Trinajstić information content (AvgIpc) is 2.82. The van der Waals surface area contributed by atoms with Gasteiger partial charge in [0, 0.05) is 11.0 Å². The third-order valence-corrected chi connectivity index (χ3v) is 4.20. The molecule has 0 saturated carbocycles. The SMILES string of the molecule is Cc1nn(Cc2ccc(F)cc2)c(Cl)c1C=C(NC(=O)C(C)(C)C)C(=O)O. The van der Waals surface area contributed by atoms with Gasteiger partial charge in [-0.2, -0.15) is 5.10 Å². The van der Waals surface area contributed by atoms with E-state index in [2.05, 4.69) is 10.4 Å². The van der Waals surface area contributed by atoms with Crippen molar-refractivity contribution in [1.82, 2.24) is 15.1 Å². The summed E-state index contributed by atoms with van der Waals surface area (Å²) in [5.74, 6) is -2.05. The molecule has 0 radical (unpaired) electrons. The first-order chi connectivity index (χ1) is 12.5. The van der Waals surface area contributed by atoms with Crippen LogP contribution in [0.25, 0.3) is 6.08 Å². The van der Waals surface area contributed by atoms with Crippen LogP contribution in [0.1, 0.15) is 37.6 Å². The Kier molecular flexibility index (Phi) is 6.05. The van der Waals surface area contributed by atoms with Crippen LogP contribution in [0.4, 0.5) is 4.39 Å². The number of rotatable bonds is 5. The summed E-state index contributed by atoms with van der Waals surface area (Å²) in [5, 5.41) is 16.4. The smallest absolute Gasteiger partial charge is 0.352 e. The summed E-state index contributed by atoms with van der Waals surface area (Å²) in [7, 11) is 0. The number of hydrogen-bond acceptors (Lipinski definition) is 3. The summed E-state index contributed by atoms with van der Waals surface area (Å²) in [6.07, 6.45) is 1.29. The van der Waals surface area contributed by atoms with E-state index in [0.29, 0.717) is 17.8 Å². The zero-order chi connectivity index (χ0) is 20.4. The quantitative estimate of drug-likeness (QED) is 0.760. The van der Waals surface area contributed by atoms with Crippen molar-refractivity contribution in [3.63, 3.8) is 0 Å². The van der Waals surface area contributed by atoms with Gasteiger partial charge in [-0.3, -0.25) is 4.79 Å². The van der Waals surface area contributed by atoms with Crippen LogP contribution < -0.4 is 5.32 Å². The van der Waals surface area contributed by atoms with Crippen LogP contribution in [0, 0.1) is 18.2 Å². The Morgan fingerprint density at radius 2 is 1.89 bits per heavy atom. The Morgan fingerprint density at radius 3 is 2.41 bits per heavy atom. The fourth-order valence-corrected chi connectivity index (χ4v) is 2.49. The minimum Gasteiger partial charge on any atom is -0.477 e. The van der Waals surface area contributed by atoms with Crippen molar-refractivity contribution in [2.24, 2.45) is 5.41 Å². The number of nitrogens with one attached hydrogen (secondary N) is 1. The summed E-state index contributed by atoms with van der Waals surface area (Å²) in [6, 6.07) is 5.91. The summed E-state index contributed by atoms with van der Waals surface area (Å²) in [4.78, 5) is 23.6. The molecular weight excluding hydrogens is 373 g/mol. The van der Waals surface area contributed by atoms with Gasteiger partial charge in [0.15, 0.2) is 0 Å². The number of carbonyl (C=O) groups excluding carboxylic acids is 1. The van der Waals surface area contributed by atoms with E-state index in [9.17, 15) is 19.1 Å². The fraction of sp³-hybridized carbons (Fsp3) is 0.316. The Bertz CT molecular complexity index is 896. The molecule has 0 bridgehead atoms. The van der Waals surface area contributed by atoms with Crippen LogP contribution in [0.2, 0.25) is 5.15 Å². The van der Waals surface area contributed by atoms with Gasteiger partial charge in [0.05, 0.1) is 12.2 Å². The molecule has 1 heterocycles. The van der Waals surface area contributed by atoms with Crippen molar-refractivity contribution in [2.45, 2.75) is 34.2 Å². The first-order valence-corrected chi connectivity index (χ1v) is 8.60. The number of aromatic nitrogens is 2. The molecule has 0 atom stereocenters. The number of amides is 1. The van der Waals surface area contributed by atoms with Crippen LogP contribution in [-0.2, 0) is 16.1 Å². The van der Waals surface area contributed by atoms with E-state index in [1.165, 1.54) is 22.9 Å². The Morgan fingerprint density at radius 1 is 1.30 bits per heavy atom. The summed E-state index contributed by atoms with van der Waals surface area (Å²) < 4.78 is 14.5. The topological polar surface area (TPSA) is 84.2 Å². The second-order valence-corrected chi connectivity index (χ2v) is 7.50. The largest absolute Gasteiger partial charge is 0.477 e. The highest BCUT2D eigenvalue weighted by Crippen LogP contribution is 2.24. The summed E-state index contributed by atoms with van der Waals surface area (Å²) >= 11 is 6.36. The molecule has 0 aliphatic rings. The number of hydrogen-bond donors (Lipinski definition) is 2. The van der Waals surface area contributed by atoms with E-state index >= 15 is 0 Å². The molecule has 27 heavy (non-hydrogen) atoms. The Balaban J connectivity index is 2.35. The van der Waals surface area contributed by atoms with Crippen molar-refractivity contribution >= 4 is 29.6 Å². The lowest BCUT2D eigenvalue weighted by atomic mass is 9.95. The maximum absolute atomic E-state index is 13.0. The first-order valence-electron chi connectivity index (χ1n) is 8.23. The monoisotopic (exact) mass is 393 g/mol. The molecule has 2 rings (SSSR count). The Labute approximate surface area is 161 Å². The molecule has 0 saturated heterocycles. The van der Waals surface area contributed by atoms with Gasteiger partial charge in [0.25, 0.3) is 0 Å². The summed E-state index contributed by atoms with van der Waals surface area (Å²) in [5.41, 5.74) is 0.647. The van der Waals surface area contributed by atoms with E-state index in [1.807, 2.05) is 0 Å². The number of halogens is 2. The zero-order valence-corrected chi connectivity index (χ0v) is 16.3. The van der Waals surface area contributed by atoms with Crippen molar-refractivity contribution in [2.75, 3.05) is 0 Å². The normalized spacial score (nSPS) is 12.1. The van der Waals surface area contributed by atoms with Crippen LogP contribution in [0.15, 0.2) is 30.0 Å². The van der Waals surface area contributed by atoms with Gasteiger partial charge in [-0.1, -0.05) is 44.5 Å².